The maximum atomic E-state index is 12.9. The molecular weight excluding hydrogens is 440 g/mol. The van der Waals surface area contributed by atoms with E-state index in [0.29, 0.717) is 23.3 Å². The van der Waals surface area contributed by atoms with E-state index in [4.69, 9.17) is 0 Å². The summed E-state index contributed by atoms with van der Waals surface area (Å²) in [5, 5.41) is 12.9. The molecule has 33 heavy (non-hydrogen) atoms. The zero-order chi connectivity index (χ0) is 23.4. The van der Waals surface area contributed by atoms with Crippen LogP contribution in [0.3, 0.4) is 0 Å². The highest BCUT2D eigenvalue weighted by atomic mass is 32.2. The number of fused-ring (bicyclic) bond motifs is 1. The van der Waals surface area contributed by atoms with Gasteiger partial charge in [0.05, 0.1) is 21.5 Å². The van der Waals surface area contributed by atoms with Gasteiger partial charge in [0, 0.05) is 31.3 Å². The van der Waals surface area contributed by atoms with Gasteiger partial charge in [-0.15, -0.1) is 0 Å². The van der Waals surface area contributed by atoms with Crippen molar-refractivity contribution in [3.8, 4) is 0 Å². The minimum atomic E-state index is -3.69. The number of aliphatic hydroxyl groups excluding tert-OH is 1. The number of benzene rings is 2. The minimum absolute atomic E-state index is 0.161. The number of carbonyl (C=O) groups is 1. The number of nitrogens with zero attached hydrogens (tertiary/aromatic N) is 3. The monoisotopic (exact) mass is 464 g/mol. The molecule has 0 aliphatic rings. The Morgan fingerprint density at radius 3 is 2.39 bits per heavy atom. The molecule has 1 atom stereocenters. The molecule has 0 spiro atoms. The zero-order valence-corrected chi connectivity index (χ0v) is 18.9. The third-order valence-electron chi connectivity index (χ3n) is 5.33. The fourth-order valence-corrected chi connectivity index (χ4v) is 4.71. The quantitative estimate of drug-likeness (QED) is 0.414. The summed E-state index contributed by atoms with van der Waals surface area (Å²) in [6, 6.07) is 12.7. The standard InChI is InChI=1S/C24H24N4O4S/c1-2-3-22(29)18-6-10-21(11-7-18)33(31,32)20-8-4-17(5-9-20)14-26-23(30)19-15-27-24-25-12-13-28(24)16-19/h4-13,15-16,22,29H,2-3,14H2,1H3,(H,26,30). The Hall–Kier alpha value is -3.56. The molecule has 0 radical (unpaired) electrons. The van der Waals surface area contributed by atoms with Crippen molar-refractivity contribution >= 4 is 21.5 Å². The third kappa shape index (κ3) is 4.94. The minimum Gasteiger partial charge on any atom is -0.388 e. The maximum Gasteiger partial charge on any atom is 0.254 e. The Labute approximate surface area is 191 Å². The number of rotatable bonds is 8. The molecular formula is C24H24N4O4S. The van der Waals surface area contributed by atoms with E-state index in [-0.39, 0.29) is 22.2 Å². The molecule has 8 nitrogen and oxygen atoms in total. The van der Waals surface area contributed by atoms with Gasteiger partial charge in [0.2, 0.25) is 15.6 Å². The number of hydrogen-bond donors (Lipinski definition) is 2. The number of nitrogens with one attached hydrogen (secondary N) is 1. The lowest BCUT2D eigenvalue weighted by atomic mass is 10.1. The van der Waals surface area contributed by atoms with Gasteiger partial charge in [-0.1, -0.05) is 37.6 Å². The van der Waals surface area contributed by atoms with Crippen molar-refractivity contribution in [1.29, 1.82) is 0 Å². The predicted octanol–water partition coefficient (Wildman–Crippen LogP) is 3.33. The largest absolute Gasteiger partial charge is 0.388 e. The van der Waals surface area contributed by atoms with Crippen molar-refractivity contribution in [3.63, 3.8) is 0 Å². The fraction of sp³-hybridized carbons (Fsp3) is 0.208. The van der Waals surface area contributed by atoms with Crippen LogP contribution >= 0.6 is 0 Å². The van der Waals surface area contributed by atoms with E-state index in [1.807, 2.05) is 6.92 Å². The average molecular weight is 465 g/mol. The average Bonchev–Trinajstić information content (AvgIpc) is 3.31. The van der Waals surface area contributed by atoms with Crippen LogP contribution in [-0.4, -0.2) is 33.8 Å². The van der Waals surface area contributed by atoms with E-state index in [1.54, 1.807) is 47.3 Å². The first kappa shape index (κ1) is 22.6. The van der Waals surface area contributed by atoms with Gasteiger partial charge in [-0.3, -0.25) is 9.20 Å². The Kier molecular flexibility index (Phi) is 6.52. The first-order valence-electron chi connectivity index (χ1n) is 10.6. The van der Waals surface area contributed by atoms with Crippen LogP contribution in [0.15, 0.2) is 83.1 Å². The summed E-state index contributed by atoms with van der Waals surface area (Å²) in [7, 11) is -3.69. The van der Waals surface area contributed by atoms with Crippen LogP contribution in [0.25, 0.3) is 5.78 Å². The normalized spacial score (nSPS) is 12.5. The zero-order valence-electron chi connectivity index (χ0n) is 18.0. The molecule has 1 amide bonds. The highest BCUT2D eigenvalue weighted by molar-refractivity contribution is 7.91. The van der Waals surface area contributed by atoms with Crippen LogP contribution in [0.2, 0.25) is 0 Å². The van der Waals surface area contributed by atoms with Crippen molar-refractivity contribution < 1.29 is 18.3 Å². The lowest BCUT2D eigenvalue weighted by molar-refractivity contribution is 0.0950. The highest BCUT2D eigenvalue weighted by Gasteiger charge is 2.18. The molecule has 0 saturated carbocycles. The lowest BCUT2D eigenvalue weighted by Crippen LogP contribution is -2.23. The number of sulfone groups is 1. The number of amides is 1. The molecule has 0 aliphatic heterocycles. The van der Waals surface area contributed by atoms with Crippen molar-refractivity contribution in [2.45, 2.75) is 42.2 Å². The maximum absolute atomic E-state index is 12.9. The summed E-state index contributed by atoms with van der Waals surface area (Å²) < 4.78 is 27.5. The number of carbonyl (C=O) groups excluding carboxylic acids is 1. The summed E-state index contributed by atoms with van der Waals surface area (Å²) >= 11 is 0. The summed E-state index contributed by atoms with van der Waals surface area (Å²) in [4.78, 5) is 20.9. The molecule has 4 aromatic rings. The highest BCUT2D eigenvalue weighted by Crippen LogP contribution is 2.24. The molecule has 2 aromatic heterocycles. The number of imidazole rings is 1. The van der Waals surface area contributed by atoms with Crippen molar-refractivity contribution in [3.05, 3.63) is 90.0 Å². The second-order valence-corrected chi connectivity index (χ2v) is 9.63. The molecule has 1 unspecified atom stereocenters. The van der Waals surface area contributed by atoms with Gasteiger partial charge in [-0.05, 0) is 41.8 Å². The molecule has 170 valence electrons. The van der Waals surface area contributed by atoms with Crippen molar-refractivity contribution in [1.82, 2.24) is 19.7 Å². The van der Waals surface area contributed by atoms with E-state index < -0.39 is 15.9 Å². The van der Waals surface area contributed by atoms with Gasteiger partial charge >= 0.3 is 0 Å². The number of aliphatic hydroxyl groups is 1. The topological polar surface area (TPSA) is 114 Å². The van der Waals surface area contributed by atoms with Gasteiger partial charge in [0.15, 0.2) is 0 Å². The first-order chi connectivity index (χ1) is 15.9. The molecule has 0 aliphatic carbocycles. The SMILES string of the molecule is CCCC(O)c1ccc(S(=O)(=O)c2ccc(CNC(=O)c3cnc4nccn4c3)cc2)cc1. The van der Waals surface area contributed by atoms with Gasteiger partial charge in [0.25, 0.3) is 5.91 Å². The third-order valence-corrected chi connectivity index (χ3v) is 7.12. The summed E-state index contributed by atoms with van der Waals surface area (Å²) in [6.45, 7) is 2.22. The Bertz CT molecular complexity index is 1360. The fourth-order valence-electron chi connectivity index (χ4n) is 3.45. The Morgan fingerprint density at radius 1 is 1.06 bits per heavy atom. The smallest absolute Gasteiger partial charge is 0.254 e. The van der Waals surface area contributed by atoms with Crippen LogP contribution in [0.5, 0.6) is 0 Å². The van der Waals surface area contributed by atoms with Crippen LogP contribution in [0, 0.1) is 0 Å². The molecule has 2 heterocycles. The van der Waals surface area contributed by atoms with E-state index in [2.05, 4.69) is 15.3 Å². The molecule has 2 N–H and O–H groups in total. The number of hydrogen-bond acceptors (Lipinski definition) is 6. The van der Waals surface area contributed by atoms with Crippen molar-refractivity contribution in [2.24, 2.45) is 0 Å². The second kappa shape index (κ2) is 9.51. The summed E-state index contributed by atoms with van der Waals surface area (Å²) in [6.07, 6.45) is 7.28. The summed E-state index contributed by atoms with van der Waals surface area (Å²) in [5.74, 6) is 0.218. The van der Waals surface area contributed by atoms with E-state index in [1.165, 1.54) is 30.5 Å². The van der Waals surface area contributed by atoms with Crippen LogP contribution < -0.4 is 5.32 Å². The van der Waals surface area contributed by atoms with Gasteiger partial charge in [-0.25, -0.2) is 18.4 Å². The van der Waals surface area contributed by atoms with Crippen LogP contribution in [0.1, 0.15) is 47.4 Å². The van der Waals surface area contributed by atoms with Crippen LogP contribution in [-0.2, 0) is 16.4 Å². The van der Waals surface area contributed by atoms with E-state index in [9.17, 15) is 18.3 Å². The first-order valence-corrected chi connectivity index (χ1v) is 12.1. The molecule has 9 heteroatoms. The Balaban J connectivity index is 1.42. The summed E-state index contributed by atoms with van der Waals surface area (Å²) in [5.41, 5.74) is 1.86. The molecule has 0 saturated heterocycles. The molecule has 2 aromatic carbocycles. The number of aromatic nitrogens is 3. The molecule has 4 rings (SSSR count). The van der Waals surface area contributed by atoms with Crippen molar-refractivity contribution in [2.75, 3.05) is 0 Å². The lowest BCUT2D eigenvalue weighted by Gasteiger charge is -2.11. The molecule has 0 fully saturated rings. The van der Waals surface area contributed by atoms with Crippen LogP contribution in [0.4, 0.5) is 0 Å². The van der Waals surface area contributed by atoms with Gasteiger partial charge in [0.1, 0.15) is 0 Å². The predicted molar refractivity (Wildman–Crippen MR) is 122 cm³/mol. The van der Waals surface area contributed by atoms with E-state index in [0.717, 1.165) is 12.0 Å². The van der Waals surface area contributed by atoms with Gasteiger partial charge in [-0.2, -0.15) is 0 Å². The molecule has 0 bridgehead atoms. The Morgan fingerprint density at radius 2 is 1.73 bits per heavy atom. The van der Waals surface area contributed by atoms with Gasteiger partial charge < -0.3 is 10.4 Å². The van der Waals surface area contributed by atoms with E-state index >= 15 is 0 Å². The second-order valence-electron chi connectivity index (χ2n) is 7.68.